The molecule has 0 spiro atoms. The number of nitrogens with zero attached hydrogens (tertiary/aromatic N) is 3. The Hall–Kier alpha value is -5.38. The molecule has 1 fully saturated rings. The van der Waals surface area contributed by atoms with Crippen LogP contribution in [-0.4, -0.2) is 74.8 Å². The van der Waals surface area contributed by atoms with Crippen molar-refractivity contribution >= 4 is 38.9 Å². The van der Waals surface area contributed by atoms with E-state index in [1.54, 1.807) is 26.4 Å². The van der Waals surface area contributed by atoms with E-state index < -0.39 is 41.6 Å². The largest absolute Gasteiger partial charge is 0.497 e. The average molecular weight is 783 g/mol. The van der Waals surface area contributed by atoms with Crippen LogP contribution >= 0.6 is 15.9 Å². The molecular formula is C39H36BrN5O8. The van der Waals surface area contributed by atoms with Crippen LogP contribution in [-0.2, 0) is 26.3 Å². The number of aliphatic hydroxyl groups excluding tert-OH is 2. The van der Waals surface area contributed by atoms with Crippen LogP contribution in [0, 0.1) is 0 Å². The molecule has 272 valence electrons. The second kappa shape index (κ2) is 15.3. The van der Waals surface area contributed by atoms with Crippen LogP contribution in [0.3, 0.4) is 0 Å². The number of anilines is 1. The van der Waals surface area contributed by atoms with Crippen LogP contribution in [0.1, 0.15) is 28.5 Å². The summed E-state index contributed by atoms with van der Waals surface area (Å²) >= 11 is 3.38. The molecule has 0 unspecified atom stereocenters. The molecule has 0 bridgehead atoms. The highest BCUT2D eigenvalue weighted by Crippen LogP contribution is 2.43. The number of ether oxygens (including phenoxy) is 4. The fraction of sp³-hybridized carbons (Fsp3) is 0.231. The maximum Gasteiger partial charge on any atom is 0.280 e. The van der Waals surface area contributed by atoms with Gasteiger partial charge in [-0.3, -0.25) is 24.5 Å². The van der Waals surface area contributed by atoms with Gasteiger partial charge in [-0.1, -0.05) is 82.7 Å². The van der Waals surface area contributed by atoms with Gasteiger partial charge in [-0.25, -0.2) is 4.98 Å². The van der Waals surface area contributed by atoms with E-state index in [2.05, 4.69) is 36.2 Å². The average Bonchev–Trinajstić information content (AvgIpc) is 3.73. The number of methoxy groups -OCH3 is 2. The molecule has 4 atom stereocenters. The van der Waals surface area contributed by atoms with E-state index in [0.29, 0.717) is 11.5 Å². The first-order chi connectivity index (χ1) is 25.7. The van der Waals surface area contributed by atoms with Crippen molar-refractivity contribution in [1.29, 1.82) is 0 Å². The van der Waals surface area contributed by atoms with Gasteiger partial charge >= 0.3 is 0 Å². The predicted octanol–water partition coefficient (Wildman–Crippen LogP) is 4.71. The Labute approximate surface area is 312 Å². The molecule has 2 aromatic heterocycles. The number of nitrogens with one attached hydrogen (secondary N) is 2. The van der Waals surface area contributed by atoms with Crippen LogP contribution in [0.15, 0.2) is 119 Å². The number of amides is 1. The fourth-order valence-electron chi connectivity index (χ4n) is 6.51. The summed E-state index contributed by atoms with van der Waals surface area (Å²) in [7, 11) is 3.19. The molecule has 14 heteroatoms. The topological polar surface area (TPSA) is 170 Å². The third-order valence-corrected chi connectivity index (χ3v) is 9.75. The lowest BCUT2D eigenvalue weighted by Crippen LogP contribution is -2.39. The fourth-order valence-corrected chi connectivity index (χ4v) is 6.78. The van der Waals surface area contributed by atoms with Crippen molar-refractivity contribution in [2.45, 2.75) is 36.6 Å². The zero-order chi connectivity index (χ0) is 37.1. The molecule has 13 nitrogen and oxygen atoms in total. The number of aromatic nitrogens is 4. The molecule has 6 aromatic rings. The summed E-state index contributed by atoms with van der Waals surface area (Å²) in [5.74, 6) is 0.823. The maximum absolute atomic E-state index is 13.0. The number of H-pyrrole nitrogens is 1. The number of hydrogen-bond donors (Lipinski definition) is 4. The van der Waals surface area contributed by atoms with E-state index >= 15 is 0 Å². The van der Waals surface area contributed by atoms with Gasteiger partial charge in [-0.15, -0.1) is 0 Å². The molecule has 7 rings (SSSR count). The van der Waals surface area contributed by atoms with E-state index in [1.165, 1.54) is 10.9 Å². The van der Waals surface area contributed by atoms with E-state index in [1.807, 2.05) is 91.0 Å². The van der Waals surface area contributed by atoms with Crippen molar-refractivity contribution < 1.29 is 34.0 Å². The highest BCUT2D eigenvalue weighted by molar-refractivity contribution is 9.10. The number of carbonyl (C=O) groups is 1. The first kappa shape index (κ1) is 36.0. The highest BCUT2D eigenvalue weighted by Gasteiger charge is 2.47. The third-order valence-electron chi connectivity index (χ3n) is 9.22. The summed E-state index contributed by atoms with van der Waals surface area (Å²) in [6.07, 6.45) is -3.73. The lowest BCUT2D eigenvalue weighted by atomic mass is 9.80. The lowest BCUT2D eigenvalue weighted by Gasteiger charge is -2.37. The van der Waals surface area contributed by atoms with Gasteiger partial charge < -0.3 is 29.2 Å². The van der Waals surface area contributed by atoms with E-state index in [9.17, 15) is 19.8 Å². The first-order valence-corrected chi connectivity index (χ1v) is 17.5. The van der Waals surface area contributed by atoms with Gasteiger partial charge in [0, 0.05) is 4.47 Å². The van der Waals surface area contributed by atoms with Gasteiger partial charge in [0.15, 0.2) is 17.4 Å². The van der Waals surface area contributed by atoms with Crippen LogP contribution < -0.4 is 20.3 Å². The second-order valence-corrected chi connectivity index (χ2v) is 13.4. The SMILES string of the molecule is COc1ccc(C(OC[C@H]2O[C@@H](n3cnc4c(=O)[nH]c(NC(=O)Cc5ccc(Br)cc5)nc43)[C@H](O)[C@@H]2O)(c2ccccc2)c2ccc(OC)cc2)cc1. The van der Waals surface area contributed by atoms with Gasteiger partial charge in [-0.2, -0.15) is 4.98 Å². The van der Waals surface area contributed by atoms with E-state index in [-0.39, 0.29) is 30.1 Å². The number of fused-ring (bicyclic) bond motifs is 1. The van der Waals surface area contributed by atoms with Crippen molar-refractivity contribution in [2.75, 3.05) is 26.1 Å². The van der Waals surface area contributed by atoms with Crippen LogP contribution in [0.5, 0.6) is 11.5 Å². The van der Waals surface area contributed by atoms with Crippen molar-refractivity contribution in [3.8, 4) is 11.5 Å². The summed E-state index contributed by atoms with van der Waals surface area (Å²) in [4.78, 5) is 37.0. The quantitative estimate of drug-likeness (QED) is 0.128. The number of imidazole rings is 1. The van der Waals surface area contributed by atoms with Crippen molar-refractivity contribution in [1.82, 2.24) is 19.5 Å². The number of halogens is 1. The molecule has 4 N–H and O–H groups in total. The molecule has 53 heavy (non-hydrogen) atoms. The number of aromatic amines is 1. The van der Waals surface area contributed by atoms with Crippen molar-refractivity contribution in [3.05, 3.63) is 147 Å². The zero-order valence-electron chi connectivity index (χ0n) is 28.7. The normalized spacial score (nSPS) is 18.6. The monoisotopic (exact) mass is 781 g/mol. The van der Waals surface area contributed by atoms with Gasteiger partial charge in [0.1, 0.15) is 35.4 Å². The molecule has 1 aliphatic rings. The Morgan fingerprint density at radius 3 is 2.09 bits per heavy atom. The predicted molar refractivity (Wildman–Crippen MR) is 199 cm³/mol. The lowest BCUT2D eigenvalue weighted by molar-refractivity contribution is -0.115. The van der Waals surface area contributed by atoms with Crippen molar-refractivity contribution in [2.24, 2.45) is 0 Å². The van der Waals surface area contributed by atoms with Gasteiger partial charge in [-0.05, 0) is 58.7 Å². The zero-order valence-corrected chi connectivity index (χ0v) is 30.3. The van der Waals surface area contributed by atoms with E-state index in [4.69, 9.17) is 18.9 Å². The number of rotatable bonds is 12. The first-order valence-electron chi connectivity index (χ1n) is 16.7. The molecule has 0 aliphatic carbocycles. The second-order valence-electron chi connectivity index (χ2n) is 12.5. The Bertz CT molecular complexity index is 2200. The van der Waals surface area contributed by atoms with Gasteiger partial charge in [0.2, 0.25) is 11.9 Å². The highest BCUT2D eigenvalue weighted by atomic mass is 79.9. The van der Waals surface area contributed by atoms with Crippen LogP contribution in [0.25, 0.3) is 11.2 Å². The molecule has 0 radical (unpaired) electrons. The molecule has 4 aromatic carbocycles. The van der Waals surface area contributed by atoms with E-state index in [0.717, 1.165) is 26.7 Å². The van der Waals surface area contributed by atoms with Crippen molar-refractivity contribution in [3.63, 3.8) is 0 Å². The molecule has 1 aliphatic heterocycles. The summed E-state index contributed by atoms with van der Waals surface area (Å²) in [5.41, 5.74) is 1.32. The molecular weight excluding hydrogens is 746 g/mol. The Kier molecular flexibility index (Phi) is 10.4. The number of hydrogen-bond acceptors (Lipinski definition) is 10. The summed E-state index contributed by atoms with van der Waals surface area (Å²) < 4.78 is 26.3. The minimum Gasteiger partial charge on any atom is -0.497 e. The van der Waals surface area contributed by atoms with Crippen LogP contribution in [0.4, 0.5) is 5.95 Å². The summed E-state index contributed by atoms with van der Waals surface area (Å²) in [5, 5.41) is 25.3. The van der Waals surface area contributed by atoms with Crippen LogP contribution in [0.2, 0.25) is 0 Å². The number of benzene rings is 4. The number of carbonyl (C=O) groups excluding carboxylic acids is 1. The molecule has 3 heterocycles. The maximum atomic E-state index is 13.0. The molecule has 0 saturated carbocycles. The Morgan fingerprint density at radius 2 is 1.49 bits per heavy atom. The number of aliphatic hydroxyl groups is 2. The smallest absolute Gasteiger partial charge is 0.280 e. The minimum atomic E-state index is -1.45. The van der Waals surface area contributed by atoms with Gasteiger partial charge in [0.05, 0.1) is 33.6 Å². The standard InChI is InChI=1S/C39H36BrN5O8/c1-50-28-16-10-25(11-17-28)39(24-6-4-3-5-7-24,26-12-18-29(51-2)19-13-26)52-21-30-33(47)34(48)37(53-30)45-22-41-32-35(45)43-38(44-36(32)49)42-31(46)20-23-8-14-27(40)15-9-23/h3-19,22,30,33-34,37,47-48H,20-21H2,1-2H3,(H2,42,43,44,46,49)/t30-,33-,34-,37-/m1/s1. The summed E-state index contributed by atoms with van der Waals surface area (Å²) in [6.45, 7) is -0.167. The third kappa shape index (κ3) is 7.19. The Morgan fingerprint density at radius 1 is 0.887 bits per heavy atom. The van der Waals surface area contributed by atoms with Gasteiger partial charge in [0.25, 0.3) is 5.56 Å². The molecule has 1 saturated heterocycles. The minimum absolute atomic E-state index is 0.0389. The summed E-state index contributed by atoms with van der Waals surface area (Å²) in [6, 6.07) is 31.9. The Balaban J connectivity index is 1.18. The molecule has 1 amide bonds.